The van der Waals surface area contributed by atoms with Crippen molar-refractivity contribution in [3.05, 3.63) is 212 Å². The van der Waals surface area contributed by atoms with Crippen LogP contribution in [-0.2, 0) is 25.7 Å². The van der Waals surface area contributed by atoms with Gasteiger partial charge in [0.15, 0.2) is 0 Å². The first-order chi connectivity index (χ1) is 33.1. The zero-order chi connectivity index (χ0) is 47.3. The van der Waals surface area contributed by atoms with Gasteiger partial charge < -0.3 is 38.1 Å². The number of allylic oxidation sites excluding steroid dienone is 4. The quantitative estimate of drug-likeness (QED) is 0.104. The number of phenolic OH excluding ortho intramolecular Hbond substituents is 4. The number of furan rings is 4. The fourth-order valence-corrected chi connectivity index (χ4v) is 8.34. The van der Waals surface area contributed by atoms with Crippen LogP contribution >= 0.6 is 0 Å². The van der Waals surface area contributed by atoms with E-state index in [9.17, 15) is 41.5 Å². The number of aromatic hydroxyl groups is 4. The highest BCUT2D eigenvalue weighted by molar-refractivity contribution is 5.92. The van der Waals surface area contributed by atoms with Gasteiger partial charge in [0.2, 0.25) is 0 Å². The van der Waals surface area contributed by atoms with Gasteiger partial charge in [-0.2, -0.15) is 21.0 Å². The van der Waals surface area contributed by atoms with E-state index in [1.165, 1.54) is 25.1 Å². The molecule has 0 atom stereocenters. The predicted octanol–water partition coefficient (Wildman–Crippen LogP) is 11.8. The second-order valence-electron chi connectivity index (χ2n) is 16.0. The van der Waals surface area contributed by atoms with Crippen LogP contribution in [0.3, 0.4) is 0 Å². The molecule has 8 aromatic rings. The normalized spacial score (nSPS) is 13.0. The third-order valence-electron chi connectivity index (χ3n) is 11.6. The summed E-state index contributed by atoms with van der Waals surface area (Å²) in [5.74, 6) is 0.877. The van der Waals surface area contributed by atoms with Gasteiger partial charge in [0.25, 0.3) is 0 Å². The number of hydrogen-bond donors (Lipinski definition) is 4. The lowest BCUT2D eigenvalue weighted by Crippen LogP contribution is -2.04. The van der Waals surface area contributed by atoms with Gasteiger partial charge in [0.05, 0.1) is 71.6 Å². The van der Waals surface area contributed by atoms with Crippen molar-refractivity contribution in [1.82, 2.24) is 0 Å². The Morgan fingerprint density at radius 1 is 0.353 bits per heavy atom. The highest BCUT2D eigenvalue weighted by Crippen LogP contribution is 2.42. The first-order valence-corrected chi connectivity index (χ1v) is 21.1. The van der Waals surface area contributed by atoms with Crippen LogP contribution in [0.2, 0.25) is 0 Å². The van der Waals surface area contributed by atoms with Gasteiger partial charge in [-0.3, -0.25) is 0 Å². The largest absolute Gasteiger partial charge is 0.507 e. The number of hydrogen-bond acceptors (Lipinski definition) is 12. The molecule has 1 aliphatic carbocycles. The zero-order valence-electron chi connectivity index (χ0n) is 35.9. The number of nitrogens with zero attached hydrogens (tertiary/aromatic N) is 4. The molecule has 0 saturated heterocycles. The molecule has 0 aliphatic heterocycles. The first kappa shape index (κ1) is 43.4. The second-order valence-corrected chi connectivity index (χ2v) is 16.0. The van der Waals surface area contributed by atoms with Crippen LogP contribution in [0.1, 0.15) is 89.8 Å². The average molecular weight is 893 g/mol. The van der Waals surface area contributed by atoms with Gasteiger partial charge in [-0.15, -0.1) is 0 Å². The number of benzene rings is 4. The van der Waals surface area contributed by atoms with E-state index in [0.717, 1.165) is 0 Å². The molecule has 4 aromatic carbocycles. The van der Waals surface area contributed by atoms with Crippen molar-refractivity contribution in [1.29, 1.82) is 21.0 Å². The van der Waals surface area contributed by atoms with Crippen LogP contribution in [0.4, 0.5) is 0 Å². The van der Waals surface area contributed by atoms with Crippen LogP contribution in [0.25, 0.3) is 46.6 Å². The summed E-state index contributed by atoms with van der Waals surface area (Å²) in [4.78, 5) is 0. The molecule has 4 heterocycles. The lowest BCUT2D eigenvalue weighted by Gasteiger charge is -2.20. The summed E-state index contributed by atoms with van der Waals surface area (Å²) in [5.41, 5.74) is 4.67. The standard InChI is InChI=1S/C56H36N4O8/c57-29-45(25-49-5-1-9-65-49)33-13-37-21-39-15-34(46(30-58)26-50-6-2-10-66-50)17-41(54(39)62)23-43-19-36(48(32-60)28-52-8-4-12-68-52)20-44(56(43)64)24-42-18-35(47(31-59)27-51-7-3-11-67-51)16-40(55(42)63)22-38(14-33)53(37)61/h1-20,25-28,61-64H,21-24H2/b45-25+,46-26+,47-27+,48-28+. The monoisotopic (exact) mass is 892 g/mol. The topological polar surface area (TPSA) is 229 Å². The maximum absolute atomic E-state index is 12.3. The Balaban J connectivity index is 1.33. The second kappa shape index (κ2) is 18.7. The minimum atomic E-state index is -0.188. The van der Waals surface area contributed by atoms with Gasteiger partial charge >= 0.3 is 0 Å². The van der Waals surface area contributed by atoms with Crippen molar-refractivity contribution in [2.45, 2.75) is 25.7 Å². The van der Waals surface area contributed by atoms with Crippen molar-refractivity contribution >= 4 is 46.6 Å². The Labute approximate surface area is 389 Å². The maximum Gasteiger partial charge on any atom is 0.127 e. The van der Waals surface area contributed by atoms with Crippen LogP contribution < -0.4 is 0 Å². The smallest absolute Gasteiger partial charge is 0.127 e. The summed E-state index contributed by atoms with van der Waals surface area (Å²) >= 11 is 0. The molecule has 68 heavy (non-hydrogen) atoms. The molecular formula is C56H36N4O8. The maximum atomic E-state index is 12.3. The van der Waals surface area contributed by atoms with Gasteiger partial charge in [0, 0.05) is 25.7 Å². The van der Waals surface area contributed by atoms with Crippen molar-refractivity contribution < 1.29 is 38.1 Å². The lowest BCUT2D eigenvalue weighted by molar-refractivity contribution is 0.450. The highest BCUT2D eigenvalue weighted by atomic mass is 16.3. The molecule has 0 saturated carbocycles. The van der Waals surface area contributed by atoms with Crippen molar-refractivity contribution in [3.8, 4) is 47.3 Å². The predicted molar refractivity (Wildman–Crippen MR) is 252 cm³/mol. The van der Waals surface area contributed by atoms with Gasteiger partial charge in [-0.25, -0.2) is 0 Å². The van der Waals surface area contributed by atoms with E-state index >= 15 is 0 Å². The SMILES string of the molecule is N#C/C(=C\c1ccco1)c1cc2c(O)c(c1)Cc1cc(/C(C#N)=C/c3ccco3)cc(c1O)Cc1cc(/C(C#N)=C/c3ccco3)cc(c1O)Cc1cc(/C(C#N)=C/c3ccco3)cc(c1O)C2. The van der Waals surface area contributed by atoms with Gasteiger partial charge in [0.1, 0.15) is 46.0 Å². The van der Waals surface area contributed by atoms with Crippen LogP contribution in [-0.4, -0.2) is 20.4 Å². The van der Waals surface area contributed by atoms with E-state index in [2.05, 4.69) is 24.3 Å². The fraction of sp³-hybridized carbons (Fsp3) is 0.0714. The molecule has 9 rings (SSSR count). The van der Waals surface area contributed by atoms with Crippen LogP contribution in [0, 0.1) is 45.3 Å². The first-order valence-electron chi connectivity index (χ1n) is 21.1. The summed E-state index contributed by atoms with van der Waals surface area (Å²) < 4.78 is 22.2. The summed E-state index contributed by atoms with van der Waals surface area (Å²) in [6.45, 7) is 0. The van der Waals surface area contributed by atoms with E-state index in [1.807, 2.05) is 0 Å². The molecule has 4 aromatic heterocycles. The molecule has 12 heteroatoms. The average Bonchev–Trinajstić information content (AvgIpc) is 4.21. The fourth-order valence-electron chi connectivity index (χ4n) is 8.34. The number of phenols is 4. The molecular weight excluding hydrogens is 857 g/mol. The number of nitriles is 4. The number of fused-ring (bicyclic) bond motifs is 8. The van der Waals surface area contributed by atoms with E-state index < -0.39 is 0 Å². The Morgan fingerprint density at radius 2 is 0.544 bits per heavy atom. The number of rotatable bonds is 8. The third kappa shape index (κ3) is 8.94. The summed E-state index contributed by atoms with van der Waals surface area (Å²) in [5, 5.41) is 91.1. The molecule has 0 spiro atoms. The molecule has 0 radical (unpaired) electrons. The van der Waals surface area contributed by atoms with E-state index in [1.54, 1.807) is 121 Å². The molecule has 8 bridgehead atoms. The van der Waals surface area contributed by atoms with Crippen LogP contribution in [0.5, 0.6) is 23.0 Å². The summed E-state index contributed by atoms with van der Waals surface area (Å²) in [6, 6.07) is 35.5. The minimum Gasteiger partial charge on any atom is -0.507 e. The molecule has 4 N–H and O–H groups in total. The van der Waals surface area contributed by atoms with Crippen LogP contribution in [0.15, 0.2) is 140 Å². The summed E-state index contributed by atoms with van der Waals surface area (Å²) in [7, 11) is 0. The van der Waals surface area contributed by atoms with Gasteiger partial charge in [-0.1, -0.05) is 0 Å². The van der Waals surface area contributed by atoms with Crippen molar-refractivity contribution in [2.24, 2.45) is 0 Å². The summed E-state index contributed by atoms with van der Waals surface area (Å²) in [6.07, 6.45) is 11.7. The van der Waals surface area contributed by atoms with E-state index in [-0.39, 0.29) is 115 Å². The molecule has 1 aliphatic rings. The Morgan fingerprint density at radius 3 is 0.691 bits per heavy atom. The van der Waals surface area contributed by atoms with Crippen molar-refractivity contribution in [3.63, 3.8) is 0 Å². The molecule has 12 nitrogen and oxygen atoms in total. The Kier molecular flexibility index (Phi) is 11.9. The Bertz CT molecular complexity index is 2960. The van der Waals surface area contributed by atoms with Crippen molar-refractivity contribution in [2.75, 3.05) is 0 Å². The molecule has 0 unspecified atom stereocenters. The minimum absolute atomic E-state index is 0.123. The van der Waals surface area contributed by atoms with E-state index in [0.29, 0.717) is 45.3 Å². The molecule has 328 valence electrons. The van der Waals surface area contributed by atoms with Gasteiger partial charge in [-0.05, 0) is 188 Å². The highest BCUT2D eigenvalue weighted by Gasteiger charge is 2.24. The Hall–Kier alpha value is -9.88. The van der Waals surface area contributed by atoms with E-state index in [4.69, 9.17) is 17.7 Å². The zero-order valence-corrected chi connectivity index (χ0v) is 35.9. The molecule has 0 fully saturated rings. The molecule has 0 amide bonds. The third-order valence-corrected chi connectivity index (χ3v) is 11.6. The lowest BCUT2D eigenvalue weighted by atomic mass is 9.86.